The molecule has 0 bridgehead atoms. The minimum Gasteiger partial charge on any atom is -0.790 e. The van der Waals surface area contributed by atoms with E-state index in [-0.39, 0.29) is 59.1 Å². The van der Waals surface area contributed by atoms with Crippen LogP contribution in [0.15, 0.2) is 0 Å². The van der Waals surface area contributed by atoms with Crippen molar-refractivity contribution >= 4 is 7.82 Å². The average Bonchev–Trinajstić information content (AvgIpc) is 2.25. The SMILES string of the molecule is CCCCCCCCCCCCN.O=P([O-])([O-])O.[Na+].[Na+]. The van der Waals surface area contributed by atoms with Gasteiger partial charge >= 0.3 is 59.1 Å². The Kier molecular flexibility index (Phi) is 35.0. The van der Waals surface area contributed by atoms with Gasteiger partial charge in [0.15, 0.2) is 0 Å². The molecule has 8 heteroatoms. The zero-order valence-corrected chi connectivity index (χ0v) is 18.4. The van der Waals surface area contributed by atoms with E-state index in [1.54, 1.807) is 0 Å². The Morgan fingerprint density at radius 1 is 0.850 bits per heavy atom. The van der Waals surface area contributed by atoms with Gasteiger partial charge in [-0.05, 0) is 13.0 Å². The molecule has 0 aromatic rings. The van der Waals surface area contributed by atoms with Crippen molar-refractivity contribution in [1.29, 1.82) is 0 Å². The molecule has 0 saturated carbocycles. The van der Waals surface area contributed by atoms with Crippen molar-refractivity contribution in [1.82, 2.24) is 0 Å². The first-order valence-electron chi connectivity index (χ1n) is 6.86. The molecule has 0 rings (SSSR count). The largest absolute Gasteiger partial charge is 1.00 e. The molecule has 20 heavy (non-hydrogen) atoms. The van der Waals surface area contributed by atoms with Gasteiger partial charge in [-0.3, -0.25) is 0 Å². The van der Waals surface area contributed by atoms with Gasteiger partial charge in [0.2, 0.25) is 0 Å². The van der Waals surface area contributed by atoms with E-state index in [2.05, 4.69) is 6.92 Å². The summed E-state index contributed by atoms with van der Waals surface area (Å²) < 4.78 is 8.66. The molecule has 0 aromatic carbocycles. The van der Waals surface area contributed by atoms with Crippen LogP contribution in [0.4, 0.5) is 0 Å². The Balaban J connectivity index is -0.000000158. The Morgan fingerprint density at radius 2 is 1.10 bits per heavy atom. The zero-order chi connectivity index (χ0) is 14.3. The monoisotopic (exact) mass is 327 g/mol. The van der Waals surface area contributed by atoms with E-state index in [0.717, 1.165) is 6.54 Å². The molecule has 0 amide bonds. The molecule has 0 heterocycles. The summed E-state index contributed by atoms with van der Waals surface area (Å²) in [5.41, 5.74) is 5.42. The molecule has 0 aliphatic carbocycles. The average molecular weight is 327 g/mol. The summed E-state index contributed by atoms with van der Waals surface area (Å²) in [7, 11) is -5.14. The third-order valence-corrected chi connectivity index (χ3v) is 2.56. The van der Waals surface area contributed by atoms with Crippen LogP contribution in [0.1, 0.15) is 71.1 Å². The van der Waals surface area contributed by atoms with E-state index in [9.17, 15) is 0 Å². The first-order valence-corrected chi connectivity index (χ1v) is 8.36. The van der Waals surface area contributed by atoms with E-state index in [1.165, 1.54) is 64.2 Å². The molecular formula is C12H28NNa2O4P. The Bertz CT molecular complexity index is 188. The summed E-state index contributed by atoms with van der Waals surface area (Å²) in [5, 5.41) is 0. The third kappa shape index (κ3) is 50.1. The van der Waals surface area contributed by atoms with Crippen LogP contribution in [0.3, 0.4) is 0 Å². The fourth-order valence-electron chi connectivity index (χ4n) is 1.63. The topological polar surface area (TPSA) is 109 Å². The van der Waals surface area contributed by atoms with Crippen molar-refractivity contribution in [3.63, 3.8) is 0 Å². The predicted molar refractivity (Wildman–Crippen MR) is 70.7 cm³/mol. The van der Waals surface area contributed by atoms with Crippen molar-refractivity contribution < 1.29 is 78.4 Å². The first-order chi connectivity index (χ1) is 8.41. The molecule has 5 nitrogen and oxygen atoms in total. The minimum absolute atomic E-state index is 0. The molecule has 0 spiro atoms. The summed E-state index contributed by atoms with van der Waals surface area (Å²) >= 11 is 0. The van der Waals surface area contributed by atoms with Crippen molar-refractivity contribution in [3.8, 4) is 0 Å². The van der Waals surface area contributed by atoms with Gasteiger partial charge in [0, 0.05) is 0 Å². The number of nitrogens with two attached hydrogens (primary N) is 1. The molecule has 0 aliphatic heterocycles. The van der Waals surface area contributed by atoms with Gasteiger partial charge < -0.3 is 25.0 Å². The summed E-state index contributed by atoms with van der Waals surface area (Å²) in [5.74, 6) is 0. The summed E-state index contributed by atoms with van der Waals surface area (Å²) in [6.45, 7) is 3.14. The molecule has 0 saturated heterocycles. The van der Waals surface area contributed by atoms with Gasteiger partial charge in [-0.1, -0.05) is 64.7 Å². The standard InChI is InChI=1S/C12H27N.2Na.H3O4P/c1-2-3-4-5-6-7-8-9-10-11-12-13;;;1-5(2,3)4/h2-13H2,1H3;;;(H3,1,2,3,4)/q;2*+1;/p-2. The van der Waals surface area contributed by atoms with Crippen LogP contribution in [-0.2, 0) is 4.57 Å². The van der Waals surface area contributed by atoms with Crippen LogP contribution in [0.25, 0.3) is 0 Å². The fraction of sp³-hybridized carbons (Fsp3) is 1.00. The van der Waals surface area contributed by atoms with E-state index >= 15 is 0 Å². The molecule has 0 unspecified atom stereocenters. The van der Waals surface area contributed by atoms with Gasteiger partial charge in [0.25, 0.3) is 0 Å². The van der Waals surface area contributed by atoms with Gasteiger partial charge in [-0.15, -0.1) is 0 Å². The number of phosphoric acid groups is 1. The van der Waals surface area contributed by atoms with Crippen molar-refractivity contribution in [2.24, 2.45) is 5.73 Å². The molecule has 112 valence electrons. The van der Waals surface area contributed by atoms with E-state index in [0.29, 0.717) is 0 Å². The maximum atomic E-state index is 8.66. The Morgan fingerprint density at radius 3 is 1.35 bits per heavy atom. The second-order valence-corrected chi connectivity index (χ2v) is 5.38. The quantitative estimate of drug-likeness (QED) is 0.240. The van der Waals surface area contributed by atoms with Crippen LogP contribution in [-0.4, -0.2) is 11.4 Å². The predicted octanol–water partition coefficient (Wildman–Crippen LogP) is -4.32. The smallest absolute Gasteiger partial charge is 0.790 e. The molecule has 0 radical (unpaired) electrons. The fourth-order valence-corrected chi connectivity index (χ4v) is 1.63. The van der Waals surface area contributed by atoms with E-state index in [1.807, 2.05) is 0 Å². The number of hydrogen-bond acceptors (Lipinski definition) is 4. The molecule has 3 N–H and O–H groups in total. The summed E-state index contributed by atoms with van der Waals surface area (Å²) in [6.07, 6.45) is 13.9. The van der Waals surface area contributed by atoms with Gasteiger partial charge in [0.05, 0.1) is 7.82 Å². The minimum atomic E-state index is -5.14. The molecular weight excluding hydrogens is 299 g/mol. The first kappa shape index (κ1) is 30.0. The van der Waals surface area contributed by atoms with Crippen LogP contribution < -0.4 is 74.6 Å². The van der Waals surface area contributed by atoms with Crippen LogP contribution in [0.5, 0.6) is 0 Å². The third-order valence-electron chi connectivity index (χ3n) is 2.56. The molecule has 0 atom stereocenters. The molecule has 0 fully saturated rings. The van der Waals surface area contributed by atoms with Crippen molar-refractivity contribution in [3.05, 3.63) is 0 Å². The second-order valence-electron chi connectivity index (χ2n) is 4.44. The van der Waals surface area contributed by atoms with Gasteiger partial charge in [0.1, 0.15) is 0 Å². The Hall–Kier alpha value is 2.07. The van der Waals surface area contributed by atoms with Crippen LogP contribution >= 0.6 is 7.82 Å². The zero-order valence-electron chi connectivity index (χ0n) is 13.5. The number of unbranched alkanes of at least 4 members (excludes halogenated alkanes) is 9. The maximum absolute atomic E-state index is 8.66. The van der Waals surface area contributed by atoms with Crippen molar-refractivity contribution in [2.75, 3.05) is 6.54 Å². The van der Waals surface area contributed by atoms with Crippen LogP contribution in [0.2, 0.25) is 0 Å². The normalized spacial score (nSPS) is 9.85. The number of hydrogen-bond donors (Lipinski definition) is 2. The molecule has 0 aromatic heterocycles. The summed E-state index contributed by atoms with van der Waals surface area (Å²) in [6, 6.07) is 0. The molecule has 0 aliphatic rings. The van der Waals surface area contributed by atoms with E-state index in [4.69, 9.17) is 25.0 Å². The van der Waals surface area contributed by atoms with E-state index < -0.39 is 7.82 Å². The number of rotatable bonds is 10. The Labute approximate surface area is 168 Å². The van der Waals surface area contributed by atoms with Crippen LogP contribution in [0, 0.1) is 0 Å². The van der Waals surface area contributed by atoms with Gasteiger partial charge in [-0.25, -0.2) is 0 Å². The second kappa shape index (κ2) is 23.3. The maximum Gasteiger partial charge on any atom is 1.00 e. The summed E-state index contributed by atoms with van der Waals surface area (Å²) in [4.78, 5) is 24.3. The van der Waals surface area contributed by atoms with Gasteiger partial charge in [-0.2, -0.15) is 0 Å². The van der Waals surface area contributed by atoms with Crippen molar-refractivity contribution in [2.45, 2.75) is 71.1 Å².